The summed E-state index contributed by atoms with van der Waals surface area (Å²) in [5.74, 6) is 0.0387. The fraction of sp³-hybridized carbons (Fsp3) is 0.625. The van der Waals surface area contributed by atoms with Gasteiger partial charge in [-0.2, -0.15) is 0 Å². The number of fused-ring (bicyclic) bond motifs is 1. The van der Waals surface area contributed by atoms with Crippen molar-refractivity contribution in [3.05, 3.63) is 0 Å². The summed E-state index contributed by atoms with van der Waals surface area (Å²) in [7, 11) is 0. The first-order valence-electron chi connectivity index (χ1n) is 4.42. The smallest absolute Gasteiger partial charge is 0.289 e. The van der Waals surface area contributed by atoms with Crippen LogP contribution in [0.3, 0.4) is 0 Å². The molecule has 0 bridgehead atoms. The molecule has 2 fully saturated rings. The molecule has 6 heteroatoms. The lowest BCUT2D eigenvalue weighted by atomic mass is 10.2. The molecular formula is C8H10N2O3S. The second-order valence-corrected chi connectivity index (χ2v) is 4.18. The van der Waals surface area contributed by atoms with Gasteiger partial charge in [-0.25, -0.2) is 0 Å². The molecule has 3 amide bonds. The molecule has 0 aromatic carbocycles. The van der Waals surface area contributed by atoms with Crippen LogP contribution >= 0.6 is 11.8 Å². The average molecular weight is 214 g/mol. The molecule has 0 aliphatic carbocycles. The van der Waals surface area contributed by atoms with Crippen LogP contribution < -0.4 is 0 Å². The Labute approximate surface area is 85.4 Å². The van der Waals surface area contributed by atoms with Crippen molar-refractivity contribution in [2.24, 2.45) is 0 Å². The monoisotopic (exact) mass is 214 g/mol. The zero-order chi connectivity index (χ0) is 10.3. The van der Waals surface area contributed by atoms with Gasteiger partial charge in [0.2, 0.25) is 11.8 Å². The number of piperazine rings is 1. The molecule has 2 saturated heterocycles. The minimum atomic E-state index is -0.548. The molecule has 2 aliphatic heterocycles. The van der Waals surface area contributed by atoms with Crippen molar-refractivity contribution in [3.63, 3.8) is 0 Å². The van der Waals surface area contributed by atoms with Gasteiger partial charge in [0.1, 0.15) is 12.6 Å². The normalized spacial score (nSPS) is 27.2. The molecule has 2 heterocycles. The molecular weight excluding hydrogens is 204 g/mol. The van der Waals surface area contributed by atoms with Crippen molar-refractivity contribution in [2.75, 3.05) is 18.8 Å². The van der Waals surface area contributed by atoms with E-state index in [0.29, 0.717) is 12.3 Å². The SMILES string of the molecule is CCN1CC(=O)N2C(=O)SCC2C1=O. The summed E-state index contributed by atoms with van der Waals surface area (Å²) in [5.41, 5.74) is 0. The molecule has 0 aromatic rings. The average Bonchev–Trinajstić information content (AvgIpc) is 2.54. The van der Waals surface area contributed by atoms with E-state index in [1.165, 1.54) is 4.90 Å². The number of carbonyl (C=O) groups excluding carboxylic acids is 3. The van der Waals surface area contributed by atoms with Crippen LogP contribution in [0.5, 0.6) is 0 Å². The third-order valence-corrected chi connectivity index (χ3v) is 3.37. The standard InChI is InChI=1S/C8H10N2O3S/c1-2-9-3-6(11)10-5(7(9)12)4-14-8(10)13/h5H,2-4H2,1H3. The van der Waals surface area contributed by atoms with Gasteiger partial charge < -0.3 is 4.90 Å². The van der Waals surface area contributed by atoms with Crippen LogP contribution in [0.1, 0.15) is 6.92 Å². The maximum absolute atomic E-state index is 11.7. The fourth-order valence-corrected chi connectivity index (χ4v) is 2.63. The Morgan fingerprint density at radius 2 is 2.14 bits per heavy atom. The van der Waals surface area contributed by atoms with E-state index < -0.39 is 6.04 Å². The first-order valence-corrected chi connectivity index (χ1v) is 5.41. The second kappa shape index (κ2) is 3.27. The highest BCUT2D eigenvalue weighted by Gasteiger charge is 2.46. The van der Waals surface area contributed by atoms with Gasteiger partial charge in [0.05, 0.1) is 0 Å². The predicted octanol–water partition coefficient (Wildman–Crippen LogP) is -0.0875. The van der Waals surface area contributed by atoms with E-state index in [4.69, 9.17) is 0 Å². The zero-order valence-corrected chi connectivity index (χ0v) is 8.54. The maximum Gasteiger partial charge on any atom is 0.289 e. The molecule has 0 aromatic heterocycles. The molecule has 5 nitrogen and oxygen atoms in total. The Balaban J connectivity index is 2.27. The van der Waals surface area contributed by atoms with Crippen molar-refractivity contribution in [2.45, 2.75) is 13.0 Å². The highest BCUT2D eigenvalue weighted by Crippen LogP contribution is 2.28. The van der Waals surface area contributed by atoms with Gasteiger partial charge in [-0.05, 0) is 6.92 Å². The topological polar surface area (TPSA) is 57.7 Å². The van der Waals surface area contributed by atoms with Crippen molar-refractivity contribution < 1.29 is 14.4 Å². The summed E-state index contributed by atoms with van der Waals surface area (Å²) >= 11 is 1.04. The number of nitrogens with zero attached hydrogens (tertiary/aromatic N) is 2. The minimum Gasteiger partial charge on any atom is -0.332 e. The number of hydrogen-bond acceptors (Lipinski definition) is 4. The van der Waals surface area contributed by atoms with Gasteiger partial charge in [0.25, 0.3) is 5.24 Å². The summed E-state index contributed by atoms with van der Waals surface area (Å²) in [5, 5.41) is -0.288. The van der Waals surface area contributed by atoms with E-state index in [1.54, 1.807) is 0 Å². The number of likely N-dealkylation sites (N-methyl/N-ethyl adjacent to an activating group) is 1. The molecule has 2 aliphatic rings. The Bertz CT molecular complexity index is 318. The highest BCUT2D eigenvalue weighted by atomic mass is 32.2. The van der Waals surface area contributed by atoms with Gasteiger partial charge in [-0.3, -0.25) is 19.3 Å². The molecule has 0 radical (unpaired) electrons. The van der Waals surface area contributed by atoms with Crippen LogP contribution in [0.4, 0.5) is 4.79 Å². The van der Waals surface area contributed by atoms with Gasteiger partial charge in [-0.15, -0.1) is 0 Å². The van der Waals surface area contributed by atoms with Gasteiger partial charge in [-0.1, -0.05) is 11.8 Å². The highest BCUT2D eigenvalue weighted by molar-refractivity contribution is 8.14. The van der Waals surface area contributed by atoms with E-state index in [-0.39, 0.29) is 23.6 Å². The third-order valence-electron chi connectivity index (χ3n) is 2.45. The van der Waals surface area contributed by atoms with Crippen LogP contribution in [0.15, 0.2) is 0 Å². The van der Waals surface area contributed by atoms with Gasteiger partial charge in [0.15, 0.2) is 0 Å². The van der Waals surface area contributed by atoms with Crippen molar-refractivity contribution in [1.29, 1.82) is 0 Å². The molecule has 2 rings (SSSR count). The lowest BCUT2D eigenvalue weighted by Crippen LogP contribution is -2.58. The maximum atomic E-state index is 11.7. The summed E-state index contributed by atoms with van der Waals surface area (Å²) in [4.78, 5) is 37.0. The number of imide groups is 1. The lowest BCUT2D eigenvalue weighted by Gasteiger charge is -2.33. The largest absolute Gasteiger partial charge is 0.332 e. The van der Waals surface area contributed by atoms with E-state index in [0.717, 1.165) is 16.7 Å². The van der Waals surface area contributed by atoms with E-state index >= 15 is 0 Å². The van der Waals surface area contributed by atoms with Crippen LogP contribution in [-0.2, 0) is 9.59 Å². The summed E-state index contributed by atoms with van der Waals surface area (Å²) in [6.07, 6.45) is 0. The number of thioether (sulfide) groups is 1. The predicted molar refractivity (Wildman–Crippen MR) is 50.7 cm³/mol. The number of amides is 3. The minimum absolute atomic E-state index is 0.0398. The van der Waals surface area contributed by atoms with E-state index in [1.807, 2.05) is 6.92 Å². The van der Waals surface area contributed by atoms with Crippen LogP contribution in [0.25, 0.3) is 0 Å². The quantitative estimate of drug-likeness (QED) is 0.612. The first kappa shape index (κ1) is 9.51. The summed E-state index contributed by atoms with van der Waals surface area (Å²) in [6.45, 7) is 2.39. The molecule has 76 valence electrons. The number of rotatable bonds is 1. The molecule has 0 N–H and O–H groups in total. The Morgan fingerprint density at radius 1 is 1.43 bits per heavy atom. The molecule has 1 atom stereocenters. The lowest BCUT2D eigenvalue weighted by molar-refractivity contribution is -0.150. The Hall–Kier alpha value is -1.04. The third kappa shape index (κ3) is 1.21. The Kier molecular flexibility index (Phi) is 2.22. The van der Waals surface area contributed by atoms with Crippen LogP contribution in [0, 0.1) is 0 Å². The zero-order valence-electron chi connectivity index (χ0n) is 7.73. The molecule has 0 saturated carbocycles. The number of carbonyl (C=O) groups is 3. The van der Waals surface area contributed by atoms with Crippen LogP contribution in [-0.4, -0.2) is 51.7 Å². The van der Waals surface area contributed by atoms with Gasteiger partial charge in [0, 0.05) is 12.3 Å². The second-order valence-electron chi connectivity index (χ2n) is 3.21. The fourth-order valence-electron chi connectivity index (χ4n) is 1.67. The van der Waals surface area contributed by atoms with Crippen molar-refractivity contribution in [3.8, 4) is 0 Å². The summed E-state index contributed by atoms with van der Waals surface area (Å²) in [6, 6.07) is -0.548. The van der Waals surface area contributed by atoms with Crippen molar-refractivity contribution >= 4 is 28.8 Å². The number of hydrogen-bond donors (Lipinski definition) is 0. The van der Waals surface area contributed by atoms with E-state index in [9.17, 15) is 14.4 Å². The Morgan fingerprint density at radius 3 is 2.79 bits per heavy atom. The van der Waals surface area contributed by atoms with Gasteiger partial charge >= 0.3 is 0 Å². The molecule has 14 heavy (non-hydrogen) atoms. The summed E-state index contributed by atoms with van der Waals surface area (Å²) < 4.78 is 0. The molecule has 0 spiro atoms. The van der Waals surface area contributed by atoms with E-state index in [2.05, 4.69) is 0 Å². The van der Waals surface area contributed by atoms with Crippen LogP contribution in [0.2, 0.25) is 0 Å². The molecule has 1 unspecified atom stereocenters. The first-order chi connectivity index (χ1) is 6.65. The van der Waals surface area contributed by atoms with Crippen molar-refractivity contribution in [1.82, 2.24) is 9.80 Å².